The molecule has 0 aromatic heterocycles. The Morgan fingerprint density at radius 1 is 1.09 bits per heavy atom. The van der Waals surface area contributed by atoms with E-state index in [1.54, 1.807) is 0 Å². The van der Waals surface area contributed by atoms with Gasteiger partial charge in [0.05, 0.1) is 23.7 Å². The standard InChI is InChI=1S/C23H25F3N2O4S/c1-16(17-8-9-17)28(20-6-3-5-19(15-20)23(24,25)26)22(29)18-4-2-7-21(14-18)33(30,31)27-10-12-32-13-11-27/h2-7,14-17H,8-13H2,1H3. The summed E-state index contributed by atoms with van der Waals surface area (Å²) in [6, 6.07) is 10.0. The second-order valence-corrected chi connectivity index (χ2v) is 10.3. The Labute approximate surface area is 191 Å². The first-order valence-corrected chi connectivity index (χ1v) is 12.2. The van der Waals surface area contributed by atoms with Crippen molar-refractivity contribution >= 4 is 21.6 Å². The molecule has 2 aromatic carbocycles. The van der Waals surface area contributed by atoms with Crippen molar-refractivity contribution in [3.63, 3.8) is 0 Å². The Morgan fingerprint density at radius 2 is 1.76 bits per heavy atom. The van der Waals surface area contributed by atoms with Gasteiger partial charge >= 0.3 is 6.18 Å². The fraction of sp³-hybridized carbons (Fsp3) is 0.435. The van der Waals surface area contributed by atoms with E-state index < -0.39 is 27.7 Å². The number of ether oxygens (including phenoxy) is 1. The highest BCUT2D eigenvalue weighted by molar-refractivity contribution is 7.89. The predicted molar refractivity (Wildman–Crippen MR) is 116 cm³/mol. The van der Waals surface area contributed by atoms with Gasteiger partial charge in [-0.2, -0.15) is 17.5 Å². The summed E-state index contributed by atoms with van der Waals surface area (Å²) in [6.07, 6.45) is -2.77. The molecule has 6 nitrogen and oxygen atoms in total. The molecule has 0 spiro atoms. The maximum atomic E-state index is 13.6. The molecular formula is C23H25F3N2O4S. The van der Waals surface area contributed by atoms with Gasteiger partial charge in [0, 0.05) is 30.4 Å². The number of morpholine rings is 1. The van der Waals surface area contributed by atoms with Crippen LogP contribution in [-0.2, 0) is 20.9 Å². The Hall–Kier alpha value is -2.43. The zero-order valence-electron chi connectivity index (χ0n) is 18.1. The molecular weight excluding hydrogens is 457 g/mol. The second-order valence-electron chi connectivity index (χ2n) is 8.35. The molecule has 1 heterocycles. The molecule has 1 aliphatic carbocycles. The number of carbonyl (C=O) groups excluding carboxylic acids is 1. The summed E-state index contributed by atoms with van der Waals surface area (Å²) >= 11 is 0. The summed E-state index contributed by atoms with van der Waals surface area (Å²) in [5.41, 5.74) is -0.602. The van der Waals surface area contributed by atoms with Crippen LogP contribution in [0.3, 0.4) is 0 Å². The molecule has 10 heteroatoms. The third-order valence-electron chi connectivity index (χ3n) is 6.07. The van der Waals surface area contributed by atoms with Crippen molar-refractivity contribution in [1.29, 1.82) is 0 Å². The molecule has 1 saturated carbocycles. The average molecular weight is 483 g/mol. The first-order chi connectivity index (χ1) is 15.6. The molecule has 4 rings (SSSR count). The van der Waals surface area contributed by atoms with Crippen molar-refractivity contribution in [2.24, 2.45) is 5.92 Å². The summed E-state index contributed by atoms with van der Waals surface area (Å²) in [5.74, 6) is -0.350. The number of sulfonamides is 1. The molecule has 1 amide bonds. The van der Waals surface area contributed by atoms with E-state index in [1.807, 2.05) is 6.92 Å². The van der Waals surface area contributed by atoms with Crippen LogP contribution in [0.15, 0.2) is 53.4 Å². The van der Waals surface area contributed by atoms with Gasteiger partial charge in [-0.15, -0.1) is 0 Å². The largest absolute Gasteiger partial charge is 0.416 e. The van der Waals surface area contributed by atoms with Crippen LogP contribution >= 0.6 is 0 Å². The molecule has 0 radical (unpaired) electrons. The number of amides is 1. The first kappa shape index (κ1) is 23.7. The zero-order valence-corrected chi connectivity index (χ0v) is 18.9. The molecule has 33 heavy (non-hydrogen) atoms. The second kappa shape index (κ2) is 9.08. The Kier molecular flexibility index (Phi) is 6.52. The maximum Gasteiger partial charge on any atom is 0.416 e. The number of halogens is 3. The molecule has 2 fully saturated rings. The molecule has 1 unspecified atom stereocenters. The lowest BCUT2D eigenvalue weighted by Gasteiger charge is -2.30. The Balaban J connectivity index is 1.70. The topological polar surface area (TPSA) is 66.9 Å². The maximum absolute atomic E-state index is 13.6. The number of carbonyl (C=O) groups is 1. The Morgan fingerprint density at radius 3 is 2.39 bits per heavy atom. The van der Waals surface area contributed by atoms with Crippen LogP contribution in [0, 0.1) is 5.92 Å². The minimum Gasteiger partial charge on any atom is -0.379 e. The van der Waals surface area contributed by atoms with E-state index >= 15 is 0 Å². The average Bonchev–Trinajstić information content (AvgIpc) is 3.65. The molecule has 1 aliphatic heterocycles. The quantitative estimate of drug-likeness (QED) is 0.620. The molecule has 0 N–H and O–H groups in total. The molecule has 178 valence electrons. The van der Waals surface area contributed by atoms with Crippen molar-refractivity contribution in [3.05, 3.63) is 59.7 Å². The zero-order chi connectivity index (χ0) is 23.8. The lowest BCUT2D eigenvalue weighted by molar-refractivity contribution is -0.137. The van der Waals surface area contributed by atoms with E-state index in [0.29, 0.717) is 13.2 Å². The molecule has 0 bridgehead atoms. The third kappa shape index (κ3) is 5.07. The lowest BCUT2D eigenvalue weighted by atomic mass is 10.1. The van der Waals surface area contributed by atoms with E-state index in [0.717, 1.165) is 25.0 Å². The van der Waals surface area contributed by atoms with Crippen molar-refractivity contribution in [3.8, 4) is 0 Å². The summed E-state index contributed by atoms with van der Waals surface area (Å²) in [7, 11) is -3.82. The van der Waals surface area contributed by atoms with Crippen LogP contribution < -0.4 is 4.90 Å². The number of hydrogen-bond acceptors (Lipinski definition) is 4. The lowest BCUT2D eigenvalue weighted by Crippen LogP contribution is -2.41. The van der Waals surface area contributed by atoms with Crippen LogP contribution in [0.1, 0.15) is 35.7 Å². The van der Waals surface area contributed by atoms with Gasteiger partial charge in [0.15, 0.2) is 0 Å². The monoisotopic (exact) mass is 482 g/mol. The van der Waals surface area contributed by atoms with Crippen LogP contribution in [0.25, 0.3) is 0 Å². The number of nitrogens with zero attached hydrogens (tertiary/aromatic N) is 2. The molecule has 2 aliphatic rings. The minimum absolute atomic E-state index is 0.0293. The van der Waals surface area contributed by atoms with Gasteiger partial charge in [0.2, 0.25) is 10.0 Å². The number of anilines is 1. The normalized spacial score (nSPS) is 18.7. The van der Waals surface area contributed by atoms with Gasteiger partial charge in [0.25, 0.3) is 5.91 Å². The van der Waals surface area contributed by atoms with E-state index in [2.05, 4.69) is 0 Å². The van der Waals surface area contributed by atoms with E-state index in [1.165, 1.54) is 45.6 Å². The fourth-order valence-electron chi connectivity index (χ4n) is 4.02. The third-order valence-corrected chi connectivity index (χ3v) is 7.97. The van der Waals surface area contributed by atoms with Gasteiger partial charge < -0.3 is 9.64 Å². The van der Waals surface area contributed by atoms with Crippen molar-refractivity contribution in [2.45, 2.75) is 36.9 Å². The highest BCUT2D eigenvalue weighted by Crippen LogP contribution is 2.39. The van der Waals surface area contributed by atoms with E-state index in [4.69, 9.17) is 4.74 Å². The number of benzene rings is 2. The van der Waals surface area contributed by atoms with Gasteiger partial charge in [-0.05, 0) is 62.1 Å². The van der Waals surface area contributed by atoms with E-state index in [-0.39, 0.29) is 41.2 Å². The minimum atomic E-state index is -4.54. The summed E-state index contributed by atoms with van der Waals surface area (Å²) in [4.78, 5) is 14.9. The van der Waals surface area contributed by atoms with Crippen LogP contribution in [-0.4, -0.2) is 51.0 Å². The number of alkyl halides is 3. The summed E-state index contributed by atoms with van der Waals surface area (Å²) in [6.45, 7) is 2.83. The SMILES string of the molecule is CC(C1CC1)N(C(=O)c1cccc(S(=O)(=O)N2CCOCC2)c1)c1cccc(C(F)(F)F)c1. The van der Waals surface area contributed by atoms with Crippen LogP contribution in [0.5, 0.6) is 0 Å². The number of rotatable bonds is 6. The van der Waals surface area contributed by atoms with Crippen LogP contribution in [0.4, 0.5) is 18.9 Å². The van der Waals surface area contributed by atoms with Gasteiger partial charge in [-0.3, -0.25) is 4.79 Å². The number of hydrogen-bond donors (Lipinski definition) is 0. The van der Waals surface area contributed by atoms with E-state index in [9.17, 15) is 26.4 Å². The van der Waals surface area contributed by atoms with Crippen molar-refractivity contribution < 1.29 is 31.1 Å². The fourth-order valence-corrected chi connectivity index (χ4v) is 5.48. The molecule has 2 aromatic rings. The molecule has 1 atom stereocenters. The van der Waals surface area contributed by atoms with Crippen LogP contribution in [0.2, 0.25) is 0 Å². The van der Waals surface area contributed by atoms with Crippen molar-refractivity contribution in [1.82, 2.24) is 4.31 Å². The smallest absolute Gasteiger partial charge is 0.379 e. The summed E-state index contributed by atoms with van der Waals surface area (Å²) < 4.78 is 72.5. The van der Waals surface area contributed by atoms with Gasteiger partial charge in [-0.1, -0.05) is 12.1 Å². The predicted octanol–water partition coefficient (Wildman–Crippen LogP) is 4.17. The Bertz CT molecular complexity index is 1130. The van der Waals surface area contributed by atoms with Crippen molar-refractivity contribution in [2.75, 3.05) is 31.2 Å². The first-order valence-electron chi connectivity index (χ1n) is 10.8. The molecule has 1 saturated heterocycles. The van der Waals surface area contributed by atoms with Gasteiger partial charge in [0.1, 0.15) is 0 Å². The summed E-state index contributed by atoms with van der Waals surface area (Å²) in [5, 5.41) is 0. The van der Waals surface area contributed by atoms with Gasteiger partial charge in [-0.25, -0.2) is 8.42 Å². The highest BCUT2D eigenvalue weighted by Gasteiger charge is 2.37. The highest BCUT2D eigenvalue weighted by atomic mass is 32.2.